The van der Waals surface area contributed by atoms with Crippen LogP contribution in [-0.4, -0.2) is 37.0 Å². The van der Waals surface area contributed by atoms with Crippen LogP contribution in [0.1, 0.15) is 71.5 Å². The second-order valence-electron chi connectivity index (χ2n) is 10.1. The summed E-state index contributed by atoms with van der Waals surface area (Å²) in [7, 11) is 0. The molecule has 0 amide bonds. The van der Waals surface area contributed by atoms with Gasteiger partial charge >= 0.3 is 5.97 Å². The zero-order chi connectivity index (χ0) is 26.5. The summed E-state index contributed by atoms with van der Waals surface area (Å²) < 4.78 is 7.69. The summed E-state index contributed by atoms with van der Waals surface area (Å²) in [6.45, 7) is 12.2. The molecule has 192 valence electrons. The number of rotatable bonds is 5. The number of thiophene rings is 1. The molecule has 37 heavy (non-hydrogen) atoms. The Balaban J connectivity index is 1.62. The standard InChI is InChI=1S/C27H30N6O2S2/c1-14-15(2)37-26-23(14)24(18-9-7-17(8-10-18)20-13-36-21(12-28)29-20)30-19(11-22(34)35-27(4,5)6)25-32-31-16(3)33(25)26/h7-10,13,19H,11-12,28H2,1-6H3. The Morgan fingerprint density at radius 1 is 1.11 bits per heavy atom. The van der Waals surface area contributed by atoms with E-state index in [1.54, 1.807) is 22.7 Å². The maximum absolute atomic E-state index is 12.9. The second-order valence-corrected chi connectivity index (χ2v) is 12.2. The number of carbonyl (C=O) groups is 1. The lowest BCUT2D eigenvalue weighted by atomic mass is 9.98. The SMILES string of the molecule is Cc1sc2c(c1C)C(c1ccc(-c3csc(CN)n3)cc1)=NC(CC(=O)OC(C)(C)C)c1nnc(C)n1-2. The smallest absolute Gasteiger partial charge is 0.308 e. The third-order valence-electron chi connectivity index (χ3n) is 6.20. The number of aliphatic imine (C=N–C) groups is 1. The fraction of sp³-hybridized carbons (Fsp3) is 0.370. The minimum atomic E-state index is -0.584. The van der Waals surface area contributed by atoms with Gasteiger partial charge in [-0.1, -0.05) is 24.3 Å². The minimum absolute atomic E-state index is 0.0741. The summed E-state index contributed by atoms with van der Waals surface area (Å²) in [6.07, 6.45) is 0.0741. The first-order chi connectivity index (χ1) is 17.6. The number of benzene rings is 1. The van der Waals surface area contributed by atoms with Crippen LogP contribution < -0.4 is 5.73 Å². The van der Waals surface area contributed by atoms with E-state index in [-0.39, 0.29) is 12.4 Å². The summed E-state index contributed by atoms with van der Waals surface area (Å²) in [4.78, 5) is 23.9. The lowest BCUT2D eigenvalue weighted by molar-refractivity contribution is -0.155. The van der Waals surface area contributed by atoms with Gasteiger partial charge in [0.1, 0.15) is 27.5 Å². The molecule has 8 nitrogen and oxygen atoms in total. The lowest BCUT2D eigenvalue weighted by Gasteiger charge is -2.21. The number of ether oxygens (including phenoxy) is 1. The van der Waals surface area contributed by atoms with Crippen LogP contribution in [0.4, 0.5) is 0 Å². The first-order valence-corrected chi connectivity index (χ1v) is 13.8. The molecule has 5 rings (SSSR count). The molecule has 0 saturated carbocycles. The van der Waals surface area contributed by atoms with Crippen LogP contribution in [0.3, 0.4) is 0 Å². The van der Waals surface area contributed by atoms with Crippen molar-refractivity contribution in [3.8, 4) is 16.3 Å². The van der Waals surface area contributed by atoms with Crippen molar-refractivity contribution in [3.05, 3.63) is 67.9 Å². The molecule has 0 fully saturated rings. The lowest BCUT2D eigenvalue weighted by Crippen LogP contribution is -2.25. The van der Waals surface area contributed by atoms with Gasteiger partial charge in [0.25, 0.3) is 0 Å². The van der Waals surface area contributed by atoms with Crippen LogP contribution in [-0.2, 0) is 16.1 Å². The van der Waals surface area contributed by atoms with Crippen molar-refractivity contribution in [2.75, 3.05) is 0 Å². The number of nitrogens with zero attached hydrogens (tertiary/aromatic N) is 5. The molecule has 1 unspecified atom stereocenters. The van der Waals surface area contributed by atoms with Crippen molar-refractivity contribution >= 4 is 34.4 Å². The van der Waals surface area contributed by atoms with E-state index in [1.165, 1.54) is 4.88 Å². The molecule has 1 atom stereocenters. The quantitative estimate of drug-likeness (QED) is 0.341. The summed E-state index contributed by atoms with van der Waals surface area (Å²) in [5, 5.41) is 12.8. The van der Waals surface area contributed by atoms with Crippen LogP contribution in [0, 0.1) is 20.8 Å². The second kappa shape index (κ2) is 9.59. The third kappa shape index (κ3) is 4.88. The Kier molecular flexibility index (Phi) is 6.59. The fourth-order valence-corrected chi connectivity index (χ4v) is 6.30. The van der Waals surface area contributed by atoms with Crippen LogP contribution in [0.25, 0.3) is 16.3 Å². The van der Waals surface area contributed by atoms with Crippen LogP contribution in [0.2, 0.25) is 0 Å². The zero-order valence-corrected chi connectivity index (χ0v) is 23.5. The molecular weight excluding hydrogens is 504 g/mol. The molecule has 1 aliphatic heterocycles. The van der Waals surface area contributed by atoms with Gasteiger partial charge in [-0.3, -0.25) is 14.4 Å². The molecular formula is C27H30N6O2S2. The molecule has 0 saturated heterocycles. The number of nitrogens with two attached hydrogens (primary N) is 1. The van der Waals surface area contributed by atoms with E-state index in [4.69, 9.17) is 15.5 Å². The predicted molar refractivity (Wildman–Crippen MR) is 148 cm³/mol. The molecule has 0 bridgehead atoms. The maximum Gasteiger partial charge on any atom is 0.308 e. The molecule has 0 spiro atoms. The van der Waals surface area contributed by atoms with E-state index in [2.05, 4.69) is 53.3 Å². The van der Waals surface area contributed by atoms with Crippen molar-refractivity contribution in [3.63, 3.8) is 0 Å². The molecule has 0 radical (unpaired) electrons. The summed E-state index contributed by atoms with van der Waals surface area (Å²) in [6, 6.07) is 7.71. The topological polar surface area (TPSA) is 108 Å². The Bertz CT molecular complexity index is 1500. The highest BCUT2D eigenvalue weighted by molar-refractivity contribution is 7.15. The summed E-state index contributed by atoms with van der Waals surface area (Å²) in [5.74, 6) is 1.09. The van der Waals surface area contributed by atoms with E-state index in [0.717, 1.165) is 49.5 Å². The molecule has 1 aromatic carbocycles. The van der Waals surface area contributed by atoms with Crippen LogP contribution >= 0.6 is 22.7 Å². The molecule has 3 aromatic heterocycles. The Morgan fingerprint density at radius 2 is 1.81 bits per heavy atom. The van der Waals surface area contributed by atoms with Gasteiger partial charge in [-0.15, -0.1) is 32.9 Å². The molecule has 1 aliphatic rings. The van der Waals surface area contributed by atoms with Crippen molar-refractivity contribution in [1.82, 2.24) is 19.7 Å². The monoisotopic (exact) mass is 534 g/mol. The predicted octanol–water partition coefficient (Wildman–Crippen LogP) is 5.46. The first kappa shape index (κ1) is 25.4. The summed E-state index contributed by atoms with van der Waals surface area (Å²) >= 11 is 3.25. The number of fused-ring (bicyclic) bond motifs is 3. The van der Waals surface area contributed by atoms with E-state index in [1.807, 2.05) is 37.6 Å². The van der Waals surface area contributed by atoms with Crippen LogP contribution in [0.15, 0.2) is 34.6 Å². The average molecular weight is 535 g/mol. The number of hydrogen-bond acceptors (Lipinski definition) is 9. The van der Waals surface area contributed by atoms with Crippen molar-refractivity contribution < 1.29 is 9.53 Å². The Labute approximate surface area is 224 Å². The van der Waals surface area contributed by atoms with E-state index in [0.29, 0.717) is 12.4 Å². The molecule has 4 aromatic rings. The highest BCUT2D eigenvalue weighted by Crippen LogP contribution is 2.40. The molecule has 0 aliphatic carbocycles. The molecule has 2 N–H and O–H groups in total. The van der Waals surface area contributed by atoms with Gasteiger partial charge in [-0.25, -0.2) is 4.98 Å². The fourth-order valence-electron chi connectivity index (χ4n) is 4.40. The van der Waals surface area contributed by atoms with Crippen LogP contribution in [0.5, 0.6) is 0 Å². The highest BCUT2D eigenvalue weighted by Gasteiger charge is 2.33. The third-order valence-corrected chi connectivity index (χ3v) is 8.26. The van der Waals surface area contributed by atoms with Gasteiger partial charge in [-0.05, 0) is 47.1 Å². The number of hydrogen-bond donors (Lipinski definition) is 1. The highest BCUT2D eigenvalue weighted by atomic mass is 32.1. The zero-order valence-electron chi connectivity index (χ0n) is 21.8. The van der Waals surface area contributed by atoms with Gasteiger partial charge in [0, 0.05) is 33.5 Å². The number of carbonyl (C=O) groups excluding carboxylic acids is 1. The summed E-state index contributed by atoms with van der Waals surface area (Å²) in [5.41, 5.74) is 11.1. The molecule has 4 heterocycles. The first-order valence-electron chi connectivity index (χ1n) is 12.1. The number of thiazole rings is 1. The van der Waals surface area contributed by atoms with Gasteiger partial charge < -0.3 is 10.5 Å². The van der Waals surface area contributed by atoms with Crippen molar-refractivity contribution in [2.45, 2.75) is 66.2 Å². The number of esters is 1. The van der Waals surface area contributed by atoms with E-state index in [9.17, 15) is 4.79 Å². The maximum atomic E-state index is 12.9. The Hall–Kier alpha value is -3.21. The average Bonchev–Trinajstić information content (AvgIpc) is 3.52. The normalized spacial score (nSPS) is 15.1. The van der Waals surface area contributed by atoms with Crippen molar-refractivity contribution in [2.24, 2.45) is 10.7 Å². The van der Waals surface area contributed by atoms with Crippen molar-refractivity contribution in [1.29, 1.82) is 0 Å². The van der Waals surface area contributed by atoms with Gasteiger partial charge in [0.15, 0.2) is 5.82 Å². The molecule has 10 heteroatoms. The van der Waals surface area contributed by atoms with E-state index >= 15 is 0 Å². The van der Waals surface area contributed by atoms with Gasteiger partial charge in [0.05, 0.1) is 17.8 Å². The number of aryl methyl sites for hydroxylation is 2. The van der Waals surface area contributed by atoms with E-state index < -0.39 is 11.6 Å². The largest absolute Gasteiger partial charge is 0.460 e. The van der Waals surface area contributed by atoms with Gasteiger partial charge in [0.2, 0.25) is 0 Å². The van der Waals surface area contributed by atoms with Gasteiger partial charge in [-0.2, -0.15) is 0 Å². The number of aromatic nitrogens is 4. The Morgan fingerprint density at radius 3 is 2.46 bits per heavy atom. The minimum Gasteiger partial charge on any atom is -0.460 e.